The molecular weight excluding hydrogens is 262 g/mol. The van der Waals surface area contributed by atoms with E-state index in [0.29, 0.717) is 5.92 Å². The molecule has 0 aliphatic carbocycles. The molecule has 0 radical (unpaired) electrons. The zero-order chi connectivity index (χ0) is 13.7. The van der Waals surface area contributed by atoms with E-state index in [0.717, 1.165) is 31.0 Å². The van der Waals surface area contributed by atoms with E-state index in [1.807, 2.05) is 24.3 Å². The Morgan fingerprint density at radius 2 is 1.95 bits per heavy atom. The van der Waals surface area contributed by atoms with Gasteiger partial charge in [-0.2, -0.15) is 0 Å². The standard InChI is InChI=1S/C15H20ClNO2/c1-17-8-6-13(7-9-17)11-19-14-4-2-12(3-5-14)10-15(16)18/h2-5,13H,6-11H2,1H3. The lowest BCUT2D eigenvalue weighted by Crippen LogP contribution is -2.32. The largest absolute Gasteiger partial charge is 0.493 e. The molecule has 0 amide bonds. The Hall–Kier alpha value is -1.06. The molecule has 104 valence electrons. The van der Waals surface area contributed by atoms with Gasteiger partial charge in [0.25, 0.3) is 0 Å². The third-order valence-electron chi connectivity index (χ3n) is 3.59. The molecule has 0 aromatic heterocycles. The molecule has 2 rings (SSSR count). The van der Waals surface area contributed by atoms with Crippen molar-refractivity contribution in [1.29, 1.82) is 0 Å². The van der Waals surface area contributed by atoms with Crippen molar-refractivity contribution in [2.75, 3.05) is 26.7 Å². The number of hydrogen-bond acceptors (Lipinski definition) is 3. The molecule has 1 aliphatic rings. The number of likely N-dealkylation sites (tertiary alicyclic amines) is 1. The van der Waals surface area contributed by atoms with Crippen molar-refractivity contribution >= 4 is 16.8 Å². The number of carbonyl (C=O) groups is 1. The van der Waals surface area contributed by atoms with Crippen molar-refractivity contribution in [2.45, 2.75) is 19.3 Å². The SMILES string of the molecule is CN1CCC(COc2ccc(CC(=O)Cl)cc2)CC1. The van der Waals surface area contributed by atoms with Crippen molar-refractivity contribution in [2.24, 2.45) is 5.92 Å². The van der Waals surface area contributed by atoms with Crippen LogP contribution in [0.3, 0.4) is 0 Å². The quantitative estimate of drug-likeness (QED) is 0.777. The van der Waals surface area contributed by atoms with Crippen molar-refractivity contribution in [1.82, 2.24) is 4.90 Å². The van der Waals surface area contributed by atoms with E-state index in [-0.39, 0.29) is 11.7 Å². The monoisotopic (exact) mass is 281 g/mol. The van der Waals surface area contributed by atoms with Crippen LogP contribution in [-0.4, -0.2) is 36.9 Å². The van der Waals surface area contributed by atoms with Gasteiger partial charge in [-0.3, -0.25) is 4.79 Å². The third-order valence-corrected chi connectivity index (χ3v) is 3.72. The fourth-order valence-electron chi connectivity index (χ4n) is 2.31. The summed E-state index contributed by atoms with van der Waals surface area (Å²) in [6.07, 6.45) is 2.68. The molecule has 1 aliphatic heterocycles. The van der Waals surface area contributed by atoms with Crippen LogP contribution in [0.25, 0.3) is 0 Å². The maximum atomic E-state index is 10.8. The van der Waals surface area contributed by atoms with Gasteiger partial charge in [0, 0.05) is 6.42 Å². The van der Waals surface area contributed by atoms with Gasteiger partial charge in [0.05, 0.1) is 6.61 Å². The molecule has 1 aromatic rings. The second-order valence-corrected chi connectivity index (χ2v) is 5.66. The minimum Gasteiger partial charge on any atom is -0.493 e. The molecular formula is C15H20ClNO2. The van der Waals surface area contributed by atoms with Gasteiger partial charge < -0.3 is 9.64 Å². The van der Waals surface area contributed by atoms with Gasteiger partial charge in [0.15, 0.2) is 0 Å². The van der Waals surface area contributed by atoms with Gasteiger partial charge in [-0.1, -0.05) is 12.1 Å². The molecule has 0 unspecified atom stereocenters. The van der Waals surface area contributed by atoms with Crippen LogP contribution in [0.2, 0.25) is 0 Å². The average molecular weight is 282 g/mol. The lowest BCUT2D eigenvalue weighted by atomic mass is 9.98. The molecule has 0 N–H and O–H groups in total. The Balaban J connectivity index is 1.78. The molecule has 1 saturated heterocycles. The second kappa shape index (κ2) is 6.92. The van der Waals surface area contributed by atoms with E-state index < -0.39 is 0 Å². The summed E-state index contributed by atoms with van der Waals surface area (Å²) in [4.78, 5) is 13.1. The predicted molar refractivity (Wildman–Crippen MR) is 76.7 cm³/mol. The Morgan fingerprint density at radius 1 is 1.32 bits per heavy atom. The molecule has 19 heavy (non-hydrogen) atoms. The van der Waals surface area contributed by atoms with Gasteiger partial charge in [0.2, 0.25) is 5.24 Å². The first kappa shape index (κ1) is 14.4. The molecule has 0 spiro atoms. The Bertz CT molecular complexity index is 411. The summed E-state index contributed by atoms with van der Waals surface area (Å²) in [5.74, 6) is 1.52. The average Bonchev–Trinajstić information content (AvgIpc) is 2.39. The number of ether oxygens (including phenoxy) is 1. The molecule has 0 bridgehead atoms. The van der Waals surface area contributed by atoms with Crippen LogP contribution in [0, 0.1) is 5.92 Å². The van der Waals surface area contributed by atoms with E-state index in [9.17, 15) is 4.79 Å². The fraction of sp³-hybridized carbons (Fsp3) is 0.533. The molecule has 1 fully saturated rings. The van der Waals surface area contributed by atoms with Crippen LogP contribution < -0.4 is 4.74 Å². The molecule has 1 heterocycles. The summed E-state index contributed by atoms with van der Waals surface area (Å²) in [5, 5.41) is -0.333. The number of benzene rings is 1. The highest BCUT2D eigenvalue weighted by atomic mass is 35.5. The van der Waals surface area contributed by atoms with Gasteiger partial charge >= 0.3 is 0 Å². The summed E-state index contributed by atoms with van der Waals surface area (Å²) >= 11 is 5.35. The first-order valence-corrected chi connectivity index (χ1v) is 7.10. The van der Waals surface area contributed by atoms with Crippen LogP contribution in [-0.2, 0) is 11.2 Å². The molecule has 0 atom stereocenters. The number of rotatable bonds is 5. The Morgan fingerprint density at radius 3 is 2.53 bits per heavy atom. The lowest BCUT2D eigenvalue weighted by molar-refractivity contribution is -0.111. The zero-order valence-electron chi connectivity index (χ0n) is 11.3. The highest BCUT2D eigenvalue weighted by Crippen LogP contribution is 2.19. The number of halogens is 1. The van der Waals surface area contributed by atoms with Crippen LogP contribution in [0.15, 0.2) is 24.3 Å². The van der Waals surface area contributed by atoms with Crippen molar-refractivity contribution in [3.63, 3.8) is 0 Å². The summed E-state index contributed by atoms with van der Waals surface area (Å²) in [7, 11) is 2.16. The fourth-order valence-corrected chi connectivity index (χ4v) is 2.46. The maximum absolute atomic E-state index is 10.8. The number of nitrogens with zero attached hydrogens (tertiary/aromatic N) is 1. The molecule has 0 saturated carbocycles. The van der Waals surface area contributed by atoms with Crippen LogP contribution in [0.1, 0.15) is 18.4 Å². The Labute approximate surface area is 119 Å². The van der Waals surface area contributed by atoms with Crippen LogP contribution >= 0.6 is 11.6 Å². The van der Waals surface area contributed by atoms with Crippen molar-refractivity contribution < 1.29 is 9.53 Å². The summed E-state index contributed by atoms with van der Waals surface area (Å²) in [6.45, 7) is 3.09. The Kier molecular flexibility index (Phi) is 5.23. The van der Waals surface area contributed by atoms with Crippen molar-refractivity contribution in [3.8, 4) is 5.75 Å². The van der Waals surface area contributed by atoms with E-state index >= 15 is 0 Å². The summed E-state index contributed by atoms with van der Waals surface area (Å²) < 4.78 is 5.80. The summed E-state index contributed by atoms with van der Waals surface area (Å²) in [5.41, 5.74) is 0.923. The highest BCUT2D eigenvalue weighted by Gasteiger charge is 2.17. The molecule has 4 heteroatoms. The first-order valence-electron chi connectivity index (χ1n) is 6.72. The number of carbonyl (C=O) groups excluding carboxylic acids is 1. The van der Waals surface area contributed by atoms with Crippen LogP contribution in [0.4, 0.5) is 0 Å². The van der Waals surface area contributed by atoms with Crippen LogP contribution in [0.5, 0.6) is 5.75 Å². The minimum atomic E-state index is -0.333. The smallest absolute Gasteiger partial charge is 0.226 e. The van der Waals surface area contributed by atoms with Gasteiger partial charge in [-0.05, 0) is 68.2 Å². The third kappa shape index (κ3) is 4.84. The summed E-state index contributed by atoms with van der Waals surface area (Å²) in [6, 6.07) is 7.60. The molecule has 3 nitrogen and oxygen atoms in total. The van der Waals surface area contributed by atoms with Crippen molar-refractivity contribution in [3.05, 3.63) is 29.8 Å². The number of piperidine rings is 1. The molecule has 1 aromatic carbocycles. The highest BCUT2D eigenvalue weighted by molar-refractivity contribution is 6.63. The minimum absolute atomic E-state index is 0.275. The number of hydrogen-bond donors (Lipinski definition) is 0. The predicted octanol–water partition coefficient (Wildman–Crippen LogP) is 2.72. The maximum Gasteiger partial charge on any atom is 0.226 e. The van der Waals surface area contributed by atoms with E-state index in [1.165, 1.54) is 12.8 Å². The topological polar surface area (TPSA) is 29.5 Å². The zero-order valence-corrected chi connectivity index (χ0v) is 12.0. The normalized spacial score (nSPS) is 17.4. The van der Waals surface area contributed by atoms with Gasteiger partial charge in [0.1, 0.15) is 5.75 Å². The lowest BCUT2D eigenvalue weighted by Gasteiger charge is -2.28. The van der Waals surface area contributed by atoms with E-state index in [2.05, 4.69) is 11.9 Å². The first-order chi connectivity index (χ1) is 9.13. The second-order valence-electron chi connectivity index (χ2n) is 5.23. The van der Waals surface area contributed by atoms with E-state index in [4.69, 9.17) is 16.3 Å². The van der Waals surface area contributed by atoms with Gasteiger partial charge in [-0.15, -0.1) is 0 Å². The van der Waals surface area contributed by atoms with Gasteiger partial charge in [-0.25, -0.2) is 0 Å². The van der Waals surface area contributed by atoms with E-state index in [1.54, 1.807) is 0 Å².